The van der Waals surface area contributed by atoms with Gasteiger partial charge in [-0.25, -0.2) is 4.68 Å². The van der Waals surface area contributed by atoms with E-state index in [0.717, 1.165) is 0 Å². The molecule has 80 valence electrons. The van der Waals surface area contributed by atoms with Crippen LogP contribution in [0.4, 0.5) is 0 Å². The second-order valence-corrected chi connectivity index (χ2v) is 3.89. The van der Waals surface area contributed by atoms with Gasteiger partial charge < -0.3 is 4.74 Å². The van der Waals surface area contributed by atoms with E-state index in [1.807, 2.05) is 6.07 Å². The van der Waals surface area contributed by atoms with E-state index in [4.69, 9.17) is 5.26 Å². The number of methoxy groups -OCH3 is 1. The van der Waals surface area contributed by atoms with Gasteiger partial charge in [0.1, 0.15) is 6.54 Å². The predicted octanol–water partition coefficient (Wildman–Crippen LogP) is -0.150. The normalized spacial score (nSPS) is 11.8. The van der Waals surface area contributed by atoms with Crippen LogP contribution in [0.1, 0.15) is 6.92 Å². The molecule has 0 fully saturated rings. The zero-order valence-corrected chi connectivity index (χ0v) is 9.06. The van der Waals surface area contributed by atoms with Crippen molar-refractivity contribution in [1.29, 1.82) is 5.26 Å². The van der Waals surface area contributed by atoms with Crippen molar-refractivity contribution in [2.45, 2.75) is 23.9 Å². The molecule has 0 radical (unpaired) electrons. The predicted molar refractivity (Wildman–Crippen MR) is 50.8 cm³/mol. The van der Waals surface area contributed by atoms with E-state index in [-0.39, 0.29) is 11.8 Å². The second-order valence-electron chi connectivity index (χ2n) is 2.58. The Morgan fingerprint density at radius 1 is 1.80 bits per heavy atom. The minimum Gasteiger partial charge on any atom is -0.468 e. The number of carbonyl (C=O) groups excluding carboxylic acids is 1. The molecule has 15 heavy (non-hydrogen) atoms. The van der Waals surface area contributed by atoms with Crippen LogP contribution in [0.3, 0.4) is 0 Å². The molecule has 1 rings (SSSR count). The van der Waals surface area contributed by atoms with Crippen molar-refractivity contribution >= 4 is 17.7 Å². The summed E-state index contributed by atoms with van der Waals surface area (Å²) in [4.78, 5) is 11.0. The van der Waals surface area contributed by atoms with Gasteiger partial charge in [-0.05, 0) is 17.4 Å². The van der Waals surface area contributed by atoms with Crippen molar-refractivity contribution in [2.24, 2.45) is 0 Å². The van der Waals surface area contributed by atoms with Gasteiger partial charge in [0.15, 0.2) is 0 Å². The van der Waals surface area contributed by atoms with E-state index >= 15 is 0 Å². The standard InChI is InChI=1S/C7H9N5O2S/c1-5(3-8)15-7-9-10-11-12(7)4-6(13)14-2/h5H,4H2,1-2H3. The smallest absolute Gasteiger partial charge is 0.327 e. The number of ether oxygens (including phenoxy) is 1. The maximum Gasteiger partial charge on any atom is 0.327 e. The Kier molecular flexibility index (Phi) is 4.05. The number of hydrogen-bond donors (Lipinski definition) is 0. The molecular formula is C7H9N5O2S. The number of rotatable bonds is 4. The molecule has 1 heterocycles. The zero-order valence-electron chi connectivity index (χ0n) is 8.25. The van der Waals surface area contributed by atoms with Gasteiger partial charge in [-0.15, -0.1) is 5.10 Å². The molecule has 0 bridgehead atoms. The van der Waals surface area contributed by atoms with Crippen LogP contribution >= 0.6 is 11.8 Å². The van der Waals surface area contributed by atoms with Crippen LogP contribution in [0, 0.1) is 11.3 Å². The number of thioether (sulfide) groups is 1. The molecule has 1 aromatic rings. The fraction of sp³-hybridized carbons (Fsp3) is 0.571. The third-order valence-electron chi connectivity index (χ3n) is 1.47. The molecule has 1 unspecified atom stereocenters. The third kappa shape index (κ3) is 3.21. The van der Waals surface area contributed by atoms with Crippen molar-refractivity contribution in [2.75, 3.05) is 7.11 Å². The van der Waals surface area contributed by atoms with Crippen LogP contribution < -0.4 is 0 Å². The van der Waals surface area contributed by atoms with Gasteiger partial charge in [-0.3, -0.25) is 4.79 Å². The average molecular weight is 227 g/mol. The summed E-state index contributed by atoms with van der Waals surface area (Å²) in [7, 11) is 1.29. The number of esters is 1. The number of hydrogen-bond acceptors (Lipinski definition) is 7. The van der Waals surface area contributed by atoms with Gasteiger partial charge in [0.05, 0.1) is 18.4 Å². The van der Waals surface area contributed by atoms with E-state index < -0.39 is 5.97 Å². The molecule has 0 amide bonds. The SMILES string of the molecule is COC(=O)Cn1nnnc1SC(C)C#N. The van der Waals surface area contributed by atoms with Gasteiger partial charge in [0.2, 0.25) is 5.16 Å². The van der Waals surface area contributed by atoms with E-state index in [1.54, 1.807) is 6.92 Å². The molecule has 1 aromatic heterocycles. The van der Waals surface area contributed by atoms with Crippen LogP contribution in [0.25, 0.3) is 0 Å². The molecule has 7 nitrogen and oxygen atoms in total. The molecule has 8 heteroatoms. The molecule has 0 aromatic carbocycles. The van der Waals surface area contributed by atoms with Gasteiger partial charge in [-0.2, -0.15) is 5.26 Å². The van der Waals surface area contributed by atoms with Crippen molar-refractivity contribution in [3.05, 3.63) is 0 Å². The summed E-state index contributed by atoms with van der Waals surface area (Å²) >= 11 is 1.19. The second kappa shape index (κ2) is 5.31. The lowest BCUT2D eigenvalue weighted by Gasteiger charge is -2.03. The quantitative estimate of drug-likeness (QED) is 0.521. The maximum atomic E-state index is 11.0. The summed E-state index contributed by atoms with van der Waals surface area (Å²) in [5.41, 5.74) is 0. The molecule has 0 saturated heterocycles. The summed E-state index contributed by atoms with van der Waals surface area (Å²) in [6.07, 6.45) is 0. The van der Waals surface area contributed by atoms with Crippen LogP contribution in [-0.4, -0.2) is 38.5 Å². The highest BCUT2D eigenvalue weighted by Gasteiger charge is 2.13. The van der Waals surface area contributed by atoms with Gasteiger partial charge >= 0.3 is 5.97 Å². The Morgan fingerprint density at radius 2 is 2.53 bits per heavy atom. The van der Waals surface area contributed by atoms with Crippen LogP contribution in [0.5, 0.6) is 0 Å². The van der Waals surface area contributed by atoms with E-state index in [0.29, 0.717) is 5.16 Å². The number of nitrogens with zero attached hydrogens (tertiary/aromatic N) is 5. The van der Waals surface area contributed by atoms with Crippen molar-refractivity contribution in [1.82, 2.24) is 20.2 Å². The van der Waals surface area contributed by atoms with Crippen molar-refractivity contribution in [3.8, 4) is 6.07 Å². The lowest BCUT2D eigenvalue weighted by Crippen LogP contribution is -2.14. The van der Waals surface area contributed by atoms with Crippen molar-refractivity contribution in [3.63, 3.8) is 0 Å². The maximum absolute atomic E-state index is 11.0. The first-order valence-corrected chi connectivity index (χ1v) is 4.94. The Bertz CT molecular complexity index is 385. The Hall–Kier alpha value is -1.62. The number of carbonyl (C=O) groups is 1. The summed E-state index contributed by atoms with van der Waals surface area (Å²) < 4.78 is 5.78. The molecule has 0 saturated carbocycles. The van der Waals surface area contributed by atoms with Crippen LogP contribution in [-0.2, 0) is 16.1 Å². The van der Waals surface area contributed by atoms with E-state index in [1.165, 1.54) is 23.6 Å². The first kappa shape index (κ1) is 11.5. The molecule has 0 N–H and O–H groups in total. The summed E-state index contributed by atoms with van der Waals surface area (Å²) in [6, 6.07) is 2.04. The van der Waals surface area contributed by atoms with Gasteiger partial charge in [0.25, 0.3) is 0 Å². The monoisotopic (exact) mass is 227 g/mol. The average Bonchev–Trinajstić information content (AvgIpc) is 2.65. The van der Waals surface area contributed by atoms with Gasteiger partial charge in [0, 0.05) is 0 Å². The summed E-state index contributed by atoms with van der Waals surface area (Å²) in [5.74, 6) is -0.436. The number of tetrazole rings is 1. The van der Waals surface area contributed by atoms with E-state index in [2.05, 4.69) is 20.3 Å². The minimum atomic E-state index is -0.436. The first-order chi connectivity index (χ1) is 7.17. The number of nitriles is 1. The zero-order chi connectivity index (χ0) is 11.3. The molecular weight excluding hydrogens is 218 g/mol. The van der Waals surface area contributed by atoms with Gasteiger partial charge in [-0.1, -0.05) is 11.8 Å². The summed E-state index contributed by atoms with van der Waals surface area (Å²) in [6.45, 7) is 1.67. The molecule has 0 aliphatic carbocycles. The lowest BCUT2D eigenvalue weighted by atomic mass is 10.5. The van der Waals surface area contributed by atoms with Crippen molar-refractivity contribution < 1.29 is 9.53 Å². The molecule has 0 spiro atoms. The molecule has 0 aliphatic heterocycles. The lowest BCUT2D eigenvalue weighted by molar-refractivity contribution is -0.141. The topological polar surface area (TPSA) is 93.7 Å². The van der Waals surface area contributed by atoms with E-state index in [9.17, 15) is 4.79 Å². The fourth-order valence-corrected chi connectivity index (χ4v) is 1.43. The Labute approximate surface area is 90.4 Å². The number of aromatic nitrogens is 4. The Balaban J connectivity index is 2.70. The third-order valence-corrected chi connectivity index (χ3v) is 2.43. The Morgan fingerprint density at radius 3 is 3.13 bits per heavy atom. The highest BCUT2D eigenvalue weighted by Crippen LogP contribution is 2.18. The van der Waals surface area contributed by atoms with Crippen LogP contribution in [0.15, 0.2) is 5.16 Å². The highest BCUT2D eigenvalue weighted by atomic mass is 32.2. The van der Waals surface area contributed by atoms with Crippen LogP contribution in [0.2, 0.25) is 0 Å². The first-order valence-electron chi connectivity index (χ1n) is 4.06. The fourth-order valence-electron chi connectivity index (χ4n) is 0.751. The molecule has 0 aliphatic rings. The minimum absolute atomic E-state index is 0.0516. The molecule has 1 atom stereocenters. The largest absolute Gasteiger partial charge is 0.468 e. The summed E-state index contributed by atoms with van der Waals surface area (Å²) in [5, 5.41) is 19.5. The highest BCUT2D eigenvalue weighted by molar-refractivity contribution is 8.00.